The minimum atomic E-state index is -0.0354. The summed E-state index contributed by atoms with van der Waals surface area (Å²) in [6.07, 6.45) is 1.81. The first-order valence-electron chi connectivity index (χ1n) is 5.69. The molecule has 19 heavy (non-hydrogen) atoms. The average molecular weight is 340 g/mol. The standard InChI is InChI=1S/C13H14BrN3OS/c1-8-16-6-10(19-8)7-17(2)13(18)9-3-4-12(15)11(14)5-9/h3-6H,7,15H2,1-2H3. The number of hydrogen-bond donors (Lipinski definition) is 1. The molecule has 0 aliphatic heterocycles. The molecule has 1 aromatic carbocycles. The number of nitrogen functional groups attached to an aromatic ring is 1. The van der Waals surface area contributed by atoms with Gasteiger partial charge in [-0.2, -0.15) is 0 Å². The molecular weight excluding hydrogens is 326 g/mol. The molecule has 0 bridgehead atoms. The molecular formula is C13H14BrN3OS. The van der Waals surface area contributed by atoms with E-state index in [9.17, 15) is 4.79 Å². The number of rotatable bonds is 3. The van der Waals surface area contributed by atoms with Gasteiger partial charge in [0, 0.05) is 33.8 Å². The van der Waals surface area contributed by atoms with Crippen molar-refractivity contribution < 1.29 is 4.79 Å². The number of amides is 1. The molecule has 0 saturated carbocycles. The largest absolute Gasteiger partial charge is 0.398 e. The van der Waals surface area contributed by atoms with Gasteiger partial charge in [-0.15, -0.1) is 11.3 Å². The molecule has 6 heteroatoms. The van der Waals surface area contributed by atoms with Crippen molar-refractivity contribution in [3.63, 3.8) is 0 Å². The maximum atomic E-state index is 12.3. The number of hydrogen-bond acceptors (Lipinski definition) is 4. The second-order valence-electron chi connectivity index (χ2n) is 4.24. The molecule has 0 saturated heterocycles. The fraction of sp³-hybridized carbons (Fsp3) is 0.231. The quantitative estimate of drug-likeness (QED) is 0.874. The summed E-state index contributed by atoms with van der Waals surface area (Å²) in [5.74, 6) is -0.0354. The number of benzene rings is 1. The normalized spacial score (nSPS) is 10.5. The highest BCUT2D eigenvalue weighted by molar-refractivity contribution is 9.10. The number of aryl methyl sites for hydroxylation is 1. The van der Waals surface area contributed by atoms with Gasteiger partial charge in [0.15, 0.2) is 0 Å². The van der Waals surface area contributed by atoms with E-state index < -0.39 is 0 Å². The summed E-state index contributed by atoms with van der Waals surface area (Å²) in [4.78, 5) is 19.2. The van der Waals surface area contributed by atoms with Crippen LogP contribution in [0.3, 0.4) is 0 Å². The van der Waals surface area contributed by atoms with E-state index in [1.54, 1.807) is 41.5 Å². The minimum absolute atomic E-state index is 0.0354. The second kappa shape index (κ2) is 5.71. The van der Waals surface area contributed by atoms with Crippen molar-refractivity contribution >= 4 is 38.9 Å². The SMILES string of the molecule is Cc1ncc(CN(C)C(=O)c2ccc(N)c(Br)c2)s1. The Morgan fingerprint density at radius 3 is 2.84 bits per heavy atom. The molecule has 4 nitrogen and oxygen atoms in total. The first kappa shape index (κ1) is 14.0. The van der Waals surface area contributed by atoms with Crippen LogP contribution in [-0.4, -0.2) is 22.8 Å². The number of nitrogens with zero attached hydrogens (tertiary/aromatic N) is 2. The van der Waals surface area contributed by atoms with Gasteiger partial charge in [0.05, 0.1) is 11.6 Å². The van der Waals surface area contributed by atoms with Crippen LogP contribution in [0.1, 0.15) is 20.2 Å². The fourth-order valence-electron chi connectivity index (χ4n) is 1.66. The predicted octanol–water partition coefficient (Wildman–Crippen LogP) is 3.07. The fourth-order valence-corrected chi connectivity index (χ4v) is 2.89. The molecule has 0 unspecified atom stereocenters. The Morgan fingerprint density at radius 1 is 1.53 bits per heavy atom. The van der Waals surface area contributed by atoms with Gasteiger partial charge >= 0.3 is 0 Å². The monoisotopic (exact) mass is 339 g/mol. The summed E-state index contributed by atoms with van der Waals surface area (Å²) in [7, 11) is 1.78. The molecule has 1 heterocycles. The van der Waals surface area contributed by atoms with E-state index in [-0.39, 0.29) is 5.91 Å². The summed E-state index contributed by atoms with van der Waals surface area (Å²) < 4.78 is 0.736. The van der Waals surface area contributed by atoms with Gasteiger partial charge in [-0.25, -0.2) is 4.98 Å². The van der Waals surface area contributed by atoms with Crippen molar-refractivity contribution in [2.24, 2.45) is 0 Å². The third kappa shape index (κ3) is 3.33. The Morgan fingerprint density at radius 2 is 2.26 bits per heavy atom. The summed E-state index contributed by atoms with van der Waals surface area (Å²) >= 11 is 4.93. The molecule has 0 aliphatic rings. The smallest absolute Gasteiger partial charge is 0.253 e. The van der Waals surface area contributed by atoms with Crippen molar-refractivity contribution in [2.45, 2.75) is 13.5 Å². The zero-order chi connectivity index (χ0) is 14.0. The molecule has 100 valence electrons. The van der Waals surface area contributed by atoms with Gasteiger partial charge in [0.2, 0.25) is 0 Å². The minimum Gasteiger partial charge on any atom is -0.398 e. The van der Waals surface area contributed by atoms with E-state index in [2.05, 4.69) is 20.9 Å². The summed E-state index contributed by atoms with van der Waals surface area (Å²) in [5.41, 5.74) is 6.95. The lowest BCUT2D eigenvalue weighted by molar-refractivity contribution is 0.0786. The number of aromatic nitrogens is 1. The van der Waals surface area contributed by atoms with Crippen LogP contribution >= 0.6 is 27.3 Å². The number of carbonyl (C=O) groups is 1. The van der Waals surface area contributed by atoms with Gasteiger partial charge in [-0.1, -0.05) is 0 Å². The van der Waals surface area contributed by atoms with Crippen molar-refractivity contribution in [3.8, 4) is 0 Å². The third-order valence-corrected chi connectivity index (χ3v) is 4.24. The molecule has 0 radical (unpaired) electrons. The van der Waals surface area contributed by atoms with Crippen molar-refractivity contribution in [1.82, 2.24) is 9.88 Å². The summed E-state index contributed by atoms with van der Waals surface area (Å²) in [6, 6.07) is 5.20. The maximum Gasteiger partial charge on any atom is 0.253 e. The summed E-state index contributed by atoms with van der Waals surface area (Å²) in [6.45, 7) is 2.51. The zero-order valence-electron chi connectivity index (χ0n) is 10.7. The van der Waals surface area contributed by atoms with Gasteiger partial charge < -0.3 is 10.6 Å². The Kier molecular flexibility index (Phi) is 4.21. The second-order valence-corrected chi connectivity index (χ2v) is 6.42. The van der Waals surface area contributed by atoms with Crippen LogP contribution in [0.4, 0.5) is 5.69 Å². The lowest BCUT2D eigenvalue weighted by Crippen LogP contribution is -2.25. The Labute approximate surface area is 124 Å². The number of thiazole rings is 1. The van der Waals surface area contributed by atoms with Crippen LogP contribution in [0, 0.1) is 6.92 Å². The van der Waals surface area contributed by atoms with E-state index in [0.717, 1.165) is 14.4 Å². The van der Waals surface area contributed by atoms with Gasteiger partial charge in [-0.05, 0) is 41.1 Å². The molecule has 2 rings (SSSR count). The van der Waals surface area contributed by atoms with Crippen LogP contribution in [0.5, 0.6) is 0 Å². The lowest BCUT2D eigenvalue weighted by atomic mass is 10.2. The molecule has 1 amide bonds. The van der Waals surface area contributed by atoms with Crippen LogP contribution in [0.2, 0.25) is 0 Å². The lowest BCUT2D eigenvalue weighted by Gasteiger charge is -2.16. The van der Waals surface area contributed by atoms with Gasteiger partial charge in [0.25, 0.3) is 5.91 Å². The molecule has 0 atom stereocenters. The molecule has 1 aromatic heterocycles. The number of anilines is 1. The van der Waals surface area contributed by atoms with E-state index in [0.29, 0.717) is 17.8 Å². The van der Waals surface area contributed by atoms with Crippen LogP contribution in [0.15, 0.2) is 28.9 Å². The zero-order valence-corrected chi connectivity index (χ0v) is 13.1. The highest BCUT2D eigenvalue weighted by Gasteiger charge is 2.14. The van der Waals surface area contributed by atoms with Gasteiger partial charge in [-0.3, -0.25) is 4.79 Å². The average Bonchev–Trinajstić information content (AvgIpc) is 2.77. The van der Waals surface area contributed by atoms with E-state index in [1.165, 1.54) is 0 Å². The van der Waals surface area contributed by atoms with Crippen LogP contribution in [-0.2, 0) is 6.54 Å². The first-order valence-corrected chi connectivity index (χ1v) is 7.30. The van der Waals surface area contributed by atoms with E-state index >= 15 is 0 Å². The molecule has 2 N–H and O–H groups in total. The van der Waals surface area contributed by atoms with E-state index in [4.69, 9.17) is 5.73 Å². The number of nitrogens with two attached hydrogens (primary N) is 1. The molecule has 0 aliphatic carbocycles. The highest BCUT2D eigenvalue weighted by atomic mass is 79.9. The van der Waals surface area contributed by atoms with Gasteiger partial charge in [0.1, 0.15) is 0 Å². The maximum absolute atomic E-state index is 12.3. The van der Waals surface area contributed by atoms with Crippen molar-refractivity contribution in [2.75, 3.05) is 12.8 Å². The molecule has 2 aromatic rings. The molecule has 0 fully saturated rings. The Balaban J connectivity index is 2.12. The van der Waals surface area contributed by atoms with Crippen LogP contribution in [0.25, 0.3) is 0 Å². The predicted molar refractivity (Wildman–Crippen MR) is 81.2 cm³/mol. The number of carbonyl (C=O) groups excluding carboxylic acids is 1. The molecule has 0 spiro atoms. The van der Waals surface area contributed by atoms with Crippen molar-refractivity contribution in [3.05, 3.63) is 44.3 Å². The van der Waals surface area contributed by atoms with E-state index in [1.807, 2.05) is 13.1 Å². The van der Waals surface area contributed by atoms with Crippen LogP contribution < -0.4 is 5.73 Å². The van der Waals surface area contributed by atoms with Crippen molar-refractivity contribution in [1.29, 1.82) is 0 Å². The Bertz CT molecular complexity index is 612. The first-order chi connectivity index (χ1) is 8.97. The number of halogens is 1. The summed E-state index contributed by atoms with van der Waals surface area (Å²) in [5, 5.41) is 1.01. The Hall–Kier alpha value is -1.40. The third-order valence-electron chi connectivity index (χ3n) is 2.66. The highest BCUT2D eigenvalue weighted by Crippen LogP contribution is 2.22. The topological polar surface area (TPSA) is 59.2 Å².